The van der Waals surface area contributed by atoms with Crippen molar-refractivity contribution in [3.63, 3.8) is 0 Å². The first-order chi connectivity index (χ1) is 9.43. The Morgan fingerprint density at radius 2 is 1.50 bits per heavy atom. The van der Waals surface area contributed by atoms with Gasteiger partial charge in [0, 0.05) is 5.54 Å². The van der Waals surface area contributed by atoms with Crippen molar-refractivity contribution in [2.75, 3.05) is 0 Å². The number of hydrogen-bond acceptors (Lipinski definition) is 1. The van der Waals surface area contributed by atoms with Crippen molar-refractivity contribution in [1.29, 1.82) is 0 Å². The van der Waals surface area contributed by atoms with Gasteiger partial charge in [-0.2, -0.15) is 0 Å². The smallest absolute Gasteiger partial charge is 0.0154 e. The average Bonchev–Trinajstić information content (AvgIpc) is 2.43. The molecule has 0 amide bonds. The zero-order valence-corrected chi connectivity index (χ0v) is 14.6. The minimum atomic E-state index is 0.172. The lowest BCUT2D eigenvalue weighted by molar-refractivity contribution is 0.110. The van der Waals surface area contributed by atoms with E-state index in [1.807, 2.05) is 0 Å². The maximum Gasteiger partial charge on any atom is 0.0154 e. The molecule has 0 spiro atoms. The van der Waals surface area contributed by atoms with Crippen LogP contribution in [0.25, 0.3) is 0 Å². The lowest BCUT2D eigenvalue weighted by atomic mass is 9.65. The van der Waals surface area contributed by atoms with Gasteiger partial charge in [-0.3, -0.25) is 0 Å². The molecule has 20 heavy (non-hydrogen) atoms. The zero-order chi connectivity index (χ0) is 15.1. The van der Waals surface area contributed by atoms with Crippen LogP contribution in [0.5, 0.6) is 0 Å². The Hall–Kier alpha value is -0.0400. The molecule has 0 saturated heterocycles. The second-order valence-corrected chi connectivity index (χ2v) is 8.00. The molecule has 0 radical (unpaired) electrons. The van der Waals surface area contributed by atoms with Gasteiger partial charge in [-0.1, -0.05) is 72.6 Å². The van der Waals surface area contributed by atoms with Crippen molar-refractivity contribution in [1.82, 2.24) is 0 Å². The van der Waals surface area contributed by atoms with Gasteiger partial charge in [0.25, 0.3) is 0 Å². The third-order valence-electron chi connectivity index (χ3n) is 6.03. The van der Waals surface area contributed by atoms with Gasteiger partial charge >= 0.3 is 0 Å². The van der Waals surface area contributed by atoms with Crippen LogP contribution in [0.2, 0.25) is 0 Å². The van der Waals surface area contributed by atoms with Crippen LogP contribution in [0, 0.1) is 11.3 Å². The van der Waals surface area contributed by atoms with Crippen molar-refractivity contribution in [3.05, 3.63) is 0 Å². The van der Waals surface area contributed by atoms with Crippen LogP contribution < -0.4 is 5.73 Å². The van der Waals surface area contributed by atoms with Crippen LogP contribution in [0.4, 0.5) is 0 Å². The fourth-order valence-corrected chi connectivity index (χ4v) is 3.77. The first-order valence-electron chi connectivity index (χ1n) is 9.22. The highest BCUT2D eigenvalue weighted by Crippen LogP contribution is 2.43. The molecule has 0 aromatic heterocycles. The van der Waals surface area contributed by atoms with E-state index < -0.39 is 0 Å². The standard InChI is InChI=1S/C19H39N/c1-5-7-8-9-10-11-14-19(20)15-12-17(13-16-19)18(3,4)6-2/h17H,5-16,20H2,1-4H3. The van der Waals surface area contributed by atoms with E-state index in [0.29, 0.717) is 5.41 Å². The van der Waals surface area contributed by atoms with Gasteiger partial charge in [-0.05, 0) is 43.4 Å². The number of hydrogen-bond donors (Lipinski definition) is 1. The molecule has 1 aliphatic rings. The molecule has 1 nitrogen and oxygen atoms in total. The summed E-state index contributed by atoms with van der Waals surface area (Å²) < 4.78 is 0. The van der Waals surface area contributed by atoms with E-state index in [-0.39, 0.29) is 5.54 Å². The normalized spacial score (nSPS) is 27.8. The van der Waals surface area contributed by atoms with Gasteiger partial charge in [0.15, 0.2) is 0 Å². The van der Waals surface area contributed by atoms with Crippen LogP contribution in [0.15, 0.2) is 0 Å². The Bertz CT molecular complexity index is 248. The molecule has 0 aliphatic heterocycles. The Morgan fingerprint density at radius 3 is 2.05 bits per heavy atom. The Kier molecular flexibility index (Phi) is 7.58. The highest BCUT2D eigenvalue weighted by atomic mass is 14.7. The Morgan fingerprint density at radius 1 is 0.950 bits per heavy atom. The summed E-state index contributed by atoms with van der Waals surface area (Å²) in [4.78, 5) is 0. The predicted octanol–water partition coefficient (Wildman–Crippen LogP) is 6.06. The molecule has 0 aromatic carbocycles. The van der Waals surface area contributed by atoms with Crippen molar-refractivity contribution in [3.8, 4) is 0 Å². The summed E-state index contributed by atoms with van der Waals surface area (Å²) in [5.74, 6) is 0.897. The molecule has 1 aliphatic carbocycles. The maximum absolute atomic E-state index is 6.65. The molecule has 1 heteroatoms. The predicted molar refractivity (Wildman–Crippen MR) is 90.9 cm³/mol. The summed E-state index contributed by atoms with van der Waals surface area (Å²) in [5, 5.41) is 0. The number of nitrogens with two attached hydrogens (primary N) is 1. The molecule has 0 unspecified atom stereocenters. The lowest BCUT2D eigenvalue weighted by Gasteiger charge is -2.43. The highest BCUT2D eigenvalue weighted by Gasteiger charge is 2.36. The first kappa shape index (κ1) is 18.0. The van der Waals surface area contributed by atoms with E-state index in [4.69, 9.17) is 5.73 Å². The molecule has 1 rings (SSSR count). The maximum atomic E-state index is 6.65. The summed E-state index contributed by atoms with van der Waals surface area (Å²) in [5.41, 5.74) is 7.33. The van der Waals surface area contributed by atoms with Gasteiger partial charge in [0.1, 0.15) is 0 Å². The largest absolute Gasteiger partial charge is 0.325 e. The van der Waals surface area contributed by atoms with Gasteiger partial charge in [-0.15, -0.1) is 0 Å². The van der Waals surface area contributed by atoms with E-state index in [2.05, 4.69) is 27.7 Å². The van der Waals surface area contributed by atoms with Gasteiger partial charge in [-0.25, -0.2) is 0 Å². The minimum absolute atomic E-state index is 0.172. The van der Waals surface area contributed by atoms with Crippen LogP contribution in [-0.4, -0.2) is 5.54 Å². The fourth-order valence-electron chi connectivity index (χ4n) is 3.77. The van der Waals surface area contributed by atoms with E-state index in [1.165, 1.54) is 77.0 Å². The van der Waals surface area contributed by atoms with Crippen molar-refractivity contribution in [2.24, 2.45) is 17.1 Å². The first-order valence-corrected chi connectivity index (χ1v) is 9.22. The van der Waals surface area contributed by atoms with E-state index in [0.717, 1.165) is 5.92 Å². The molecule has 0 atom stereocenters. The van der Waals surface area contributed by atoms with E-state index in [9.17, 15) is 0 Å². The molecule has 0 heterocycles. The van der Waals surface area contributed by atoms with Crippen LogP contribution in [0.1, 0.15) is 105 Å². The third-order valence-corrected chi connectivity index (χ3v) is 6.03. The molecule has 1 fully saturated rings. The molecule has 0 aromatic rings. The Labute approximate surface area is 128 Å². The minimum Gasteiger partial charge on any atom is -0.325 e. The van der Waals surface area contributed by atoms with Crippen LogP contribution >= 0.6 is 0 Å². The molecule has 0 bridgehead atoms. The summed E-state index contributed by atoms with van der Waals surface area (Å²) in [7, 11) is 0. The summed E-state index contributed by atoms with van der Waals surface area (Å²) in [6.45, 7) is 9.50. The SMILES string of the molecule is CCCCCCCCC1(N)CCC(C(C)(C)CC)CC1. The molecular formula is C19H39N. The summed E-state index contributed by atoms with van der Waals surface area (Å²) >= 11 is 0. The highest BCUT2D eigenvalue weighted by molar-refractivity contribution is 4.93. The second kappa shape index (κ2) is 8.41. The average molecular weight is 282 g/mol. The summed E-state index contributed by atoms with van der Waals surface area (Å²) in [6.07, 6.45) is 16.1. The van der Waals surface area contributed by atoms with Crippen LogP contribution in [0.3, 0.4) is 0 Å². The van der Waals surface area contributed by atoms with Crippen LogP contribution in [-0.2, 0) is 0 Å². The van der Waals surface area contributed by atoms with E-state index in [1.54, 1.807) is 0 Å². The van der Waals surface area contributed by atoms with E-state index >= 15 is 0 Å². The van der Waals surface area contributed by atoms with Gasteiger partial charge in [0.2, 0.25) is 0 Å². The van der Waals surface area contributed by atoms with Gasteiger partial charge in [0.05, 0.1) is 0 Å². The fraction of sp³-hybridized carbons (Fsp3) is 1.00. The quantitative estimate of drug-likeness (QED) is 0.511. The number of unbranched alkanes of at least 4 members (excludes halogenated alkanes) is 5. The van der Waals surface area contributed by atoms with Gasteiger partial charge < -0.3 is 5.73 Å². The molecule has 1 saturated carbocycles. The van der Waals surface area contributed by atoms with Crippen molar-refractivity contribution >= 4 is 0 Å². The monoisotopic (exact) mass is 281 g/mol. The zero-order valence-electron chi connectivity index (χ0n) is 14.6. The molecular weight excluding hydrogens is 242 g/mol. The van der Waals surface area contributed by atoms with Crippen molar-refractivity contribution < 1.29 is 0 Å². The Balaban J connectivity index is 2.21. The summed E-state index contributed by atoms with van der Waals surface area (Å²) in [6, 6.07) is 0. The second-order valence-electron chi connectivity index (χ2n) is 8.00. The molecule has 120 valence electrons. The lowest BCUT2D eigenvalue weighted by Crippen LogP contribution is -2.45. The van der Waals surface area contributed by atoms with Crippen molar-refractivity contribution in [2.45, 2.75) is 110 Å². The number of rotatable bonds is 9. The topological polar surface area (TPSA) is 26.0 Å². The molecule has 2 N–H and O–H groups in total. The third kappa shape index (κ3) is 5.76.